The largest absolute Gasteiger partial charge is 0.324 e. The lowest BCUT2D eigenvalue weighted by Crippen LogP contribution is -2.35. The molecular weight excluding hydrogens is 344 g/mol. The Hall–Kier alpha value is -1.83. The fraction of sp³-hybridized carbons (Fsp3) is 0.235. The fourth-order valence-corrected chi connectivity index (χ4v) is 4.01. The van der Waals surface area contributed by atoms with Gasteiger partial charge in [0.1, 0.15) is 0 Å². The zero-order chi connectivity index (χ0) is 17.6. The van der Waals surface area contributed by atoms with E-state index in [4.69, 9.17) is 0 Å². The predicted octanol–water partition coefficient (Wildman–Crippen LogP) is 3.06. The molecule has 0 aromatic heterocycles. The number of sulfonamides is 1. The van der Waals surface area contributed by atoms with Crippen LogP contribution in [0, 0.1) is 0 Å². The summed E-state index contributed by atoms with van der Waals surface area (Å²) in [6.45, 7) is 1.78. The molecule has 0 aliphatic rings. The van der Waals surface area contributed by atoms with E-state index in [-0.39, 0.29) is 17.3 Å². The molecule has 0 bridgehead atoms. The summed E-state index contributed by atoms with van der Waals surface area (Å²) >= 11 is 1.62. The Bertz CT molecular complexity index is 792. The summed E-state index contributed by atoms with van der Waals surface area (Å²) in [6, 6.07) is 15.5. The summed E-state index contributed by atoms with van der Waals surface area (Å²) in [5, 5.41) is 2.78. The van der Waals surface area contributed by atoms with E-state index in [1.165, 1.54) is 19.2 Å². The number of thioether (sulfide) groups is 1. The highest BCUT2D eigenvalue weighted by Crippen LogP contribution is 2.26. The van der Waals surface area contributed by atoms with Crippen LogP contribution in [0.1, 0.15) is 6.92 Å². The molecule has 2 aromatic carbocycles. The Morgan fingerprint density at radius 3 is 2.38 bits per heavy atom. The van der Waals surface area contributed by atoms with Crippen molar-refractivity contribution in [1.82, 2.24) is 4.31 Å². The summed E-state index contributed by atoms with van der Waals surface area (Å²) in [7, 11) is -2.28. The minimum atomic E-state index is -3.68. The van der Waals surface area contributed by atoms with Crippen LogP contribution >= 0.6 is 11.8 Å². The van der Waals surface area contributed by atoms with Gasteiger partial charge in [0.05, 0.1) is 17.1 Å². The van der Waals surface area contributed by atoms with E-state index in [2.05, 4.69) is 5.32 Å². The minimum Gasteiger partial charge on any atom is -0.324 e. The number of para-hydroxylation sites is 1. The van der Waals surface area contributed by atoms with Crippen molar-refractivity contribution in [3.63, 3.8) is 0 Å². The van der Waals surface area contributed by atoms with Gasteiger partial charge in [-0.25, -0.2) is 8.42 Å². The first-order valence-electron chi connectivity index (χ1n) is 7.48. The number of amides is 1. The average molecular weight is 364 g/mol. The quantitative estimate of drug-likeness (QED) is 0.767. The lowest BCUT2D eigenvalue weighted by atomic mass is 10.3. The molecule has 5 nitrogen and oxygen atoms in total. The maximum atomic E-state index is 12.4. The van der Waals surface area contributed by atoms with Crippen LogP contribution in [0.2, 0.25) is 0 Å². The summed E-state index contributed by atoms with van der Waals surface area (Å²) in [6.07, 6.45) is 0. The molecule has 1 amide bonds. The Labute approximate surface area is 147 Å². The first kappa shape index (κ1) is 18.5. The van der Waals surface area contributed by atoms with Crippen molar-refractivity contribution >= 4 is 33.4 Å². The first-order valence-corrected chi connectivity index (χ1v) is 9.90. The zero-order valence-corrected chi connectivity index (χ0v) is 15.2. The topological polar surface area (TPSA) is 66.5 Å². The average Bonchev–Trinajstić information content (AvgIpc) is 2.57. The van der Waals surface area contributed by atoms with Crippen LogP contribution in [0.4, 0.5) is 5.69 Å². The van der Waals surface area contributed by atoms with E-state index in [9.17, 15) is 13.2 Å². The Kier molecular flexibility index (Phi) is 6.42. The molecular formula is C17H20N2O3S2. The third kappa shape index (κ3) is 4.59. The van der Waals surface area contributed by atoms with Gasteiger partial charge in [-0.1, -0.05) is 37.3 Å². The number of likely N-dealkylation sites (N-methyl/N-ethyl adjacent to an activating group) is 1. The normalized spacial score (nSPS) is 11.5. The highest BCUT2D eigenvalue weighted by molar-refractivity contribution is 7.99. The van der Waals surface area contributed by atoms with Gasteiger partial charge in [-0.15, -0.1) is 11.8 Å². The number of nitrogens with one attached hydrogen (secondary N) is 1. The van der Waals surface area contributed by atoms with E-state index in [1.54, 1.807) is 30.0 Å². The summed E-state index contributed by atoms with van der Waals surface area (Å²) < 4.78 is 25.9. The van der Waals surface area contributed by atoms with Crippen LogP contribution in [-0.2, 0) is 14.8 Å². The summed E-state index contributed by atoms with van der Waals surface area (Å²) in [5.41, 5.74) is 0.694. The van der Waals surface area contributed by atoms with Gasteiger partial charge in [0.2, 0.25) is 15.9 Å². The van der Waals surface area contributed by atoms with Crippen LogP contribution < -0.4 is 5.32 Å². The number of anilines is 1. The van der Waals surface area contributed by atoms with E-state index >= 15 is 0 Å². The van der Waals surface area contributed by atoms with Crippen molar-refractivity contribution in [2.24, 2.45) is 0 Å². The number of carbonyl (C=O) groups is 1. The molecule has 0 radical (unpaired) electrons. The molecule has 0 unspecified atom stereocenters. The van der Waals surface area contributed by atoms with Crippen molar-refractivity contribution in [2.75, 3.05) is 24.7 Å². The van der Waals surface area contributed by atoms with Crippen molar-refractivity contribution in [2.45, 2.75) is 16.7 Å². The maximum absolute atomic E-state index is 12.4. The monoisotopic (exact) mass is 364 g/mol. The summed E-state index contributed by atoms with van der Waals surface area (Å²) in [5.74, 6) is 0.510. The third-order valence-corrected chi connectivity index (χ3v) is 6.05. The lowest BCUT2D eigenvalue weighted by Gasteiger charge is -2.17. The van der Waals surface area contributed by atoms with Gasteiger partial charge in [0.15, 0.2) is 0 Å². The smallest absolute Gasteiger partial charge is 0.243 e. The third-order valence-electron chi connectivity index (χ3n) is 3.28. The Balaban J connectivity index is 2.07. The lowest BCUT2D eigenvalue weighted by molar-refractivity contribution is -0.116. The molecule has 0 heterocycles. The number of rotatable bonds is 7. The van der Waals surface area contributed by atoms with Crippen LogP contribution in [0.3, 0.4) is 0 Å². The van der Waals surface area contributed by atoms with Gasteiger partial charge in [0, 0.05) is 11.9 Å². The number of carbonyl (C=O) groups excluding carboxylic acids is 1. The van der Waals surface area contributed by atoms with Gasteiger partial charge in [-0.05, 0) is 30.0 Å². The van der Waals surface area contributed by atoms with E-state index in [0.717, 1.165) is 15.0 Å². The van der Waals surface area contributed by atoms with Gasteiger partial charge < -0.3 is 5.32 Å². The number of hydrogen-bond donors (Lipinski definition) is 1. The molecule has 1 N–H and O–H groups in total. The van der Waals surface area contributed by atoms with Crippen molar-refractivity contribution in [3.8, 4) is 0 Å². The van der Waals surface area contributed by atoms with Crippen LogP contribution in [0.25, 0.3) is 0 Å². The molecule has 0 atom stereocenters. The van der Waals surface area contributed by atoms with Crippen LogP contribution in [0.15, 0.2) is 64.4 Å². The van der Waals surface area contributed by atoms with Crippen molar-refractivity contribution in [1.29, 1.82) is 0 Å². The van der Waals surface area contributed by atoms with Gasteiger partial charge >= 0.3 is 0 Å². The second kappa shape index (κ2) is 8.32. The minimum absolute atomic E-state index is 0.169. The first-order chi connectivity index (χ1) is 11.4. The number of hydrogen-bond acceptors (Lipinski definition) is 4. The van der Waals surface area contributed by atoms with Gasteiger partial charge in [-0.3, -0.25) is 4.79 Å². The Morgan fingerprint density at radius 1 is 1.08 bits per heavy atom. The predicted molar refractivity (Wildman–Crippen MR) is 97.7 cm³/mol. The molecule has 2 aromatic rings. The van der Waals surface area contributed by atoms with Gasteiger partial charge in [0.25, 0.3) is 0 Å². The SMILES string of the molecule is CCSc1ccccc1NC(=O)CN(C)S(=O)(=O)c1ccccc1. The maximum Gasteiger partial charge on any atom is 0.243 e. The molecule has 0 spiro atoms. The zero-order valence-electron chi connectivity index (χ0n) is 13.6. The van der Waals surface area contributed by atoms with Crippen molar-refractivity contribution in [3.05, 3.63) is 54.6 Å². The molecule has 128 valence electrons. The van der Waals surface area contributed by atoms with E-state index in [0.29, 0.717) is 5.69 Å². The number of nitrogens with zero attached hydrogens (tertiary/aromatic N) is 1. The second-order valence-electron chi connectivity index (χ2n) is 5.05. The molecule has 0 fully saturated rings. The molecule has 0 saturated carbocycles. The molecule has 0 aliphatic heterocycles. The van der Waals surface area contributed by atoms with Crippen molar-refractivity contribution < 1.29 is 13.2 Å². The van der Waals surface area contributed by atoms with E-state index < -0.39 is 10.0 Å². The highest BCUT2D eigenvalue weighted by atomic mass is 32.2. The standard InChI is InChI=1S/C17H20N2O3S2/c1-3-23-16-12-8-7-11-15(16)18-17(20)13-19(2)24(21,22)14-9-5-4-6-10-14/h4-12H,3,13H2,1-2H3,(H,18,20). The molecule has 24 heavy (non-hydrogen) atoms. The number of benzene rings is 2. The molecule has 0 saturated heterocycles. The molecule has 0 aliphatic carbocycles. The van der Waals surface area contributed by atoms with Gasteiger partial charge in [-0.2, -0.15) is 4.31 Å². The summed E-state index contributed by atoms with van der Waals surface area (Å²) in [4.78, 5) is 13.4. The van der Waals surface area contributed by atoms with E-state index in [1.807, 2.05) is 31.2 Å². The fourth-order valence-electron chi connectivity index (χ4n) is 2.10. The second-order valence-corrected chi connectivity index (χ2v) is 8.40. The highest BCUT2D eigenvalue weighted by Gasteiger charge is 2.22. The molecule has 7 heteroatoms. The molecule has 2 rings (SSSR count). The van der Waals surface area contributed by atoms with Crippen LogP contribution in [-0.4, -0.2) is 38.0 Å². The Morgan fingerprint density at radius 2 is 1.71 bits per heavy atom. The van der Waals surface area contributed by atoms with Crippen LogP contribution in [0.5, 0.6) is 0 Å².